The molecule has 0 spiro atoms. The number of aromatic nitrogens is 2. The summed E-state index contributed by atoms with van der Waals surface area (Å²) in [5.41, 5.74) is 2.30. The van der Waals surface area contributed by atoms with Gasteiger partial charge in [-0.05, 0) is 29.8 Å². The van der Waals surface area contributed by atoms with Gasteiger partial charge in [0, 0.05) is 43.1 Å². The lowest BCUT2D eigenvalue weighted by Crippen LogP contribution is -2.48. The Morgan fingerprint density at radius 3 is 2.73 bits per heavy atom. The second-order valence-corrected chi connectivity index (χ2v) is 6.92. The van der Waals surface area contributed by atoms with Crippen molar-refractivity contribution in [1.82, 2.24) is 20.0 Å². The number of nitrogens with zero attached hydrogens (tertiary/aromatic N) is 3. The molecular weight excluding hydrogens is 355 g/mol. The molecule has 1 amide bonds. The average Bonchev–Trinajstić information content (AvgIpc) is 3.10. The number of rotatable bonds is 3. The lowest BCUT2D eigenvalue weighted by molar-refractivity contribution is 0.0624. The molecule has 0 bridgehead atoms. The third-order valence-electron chi connectivity index (χ3n) is 4.73. The first-order valence-corrected chi connectivity index (χ1v) is 8.86. The topological polar surface area (TPSA) is 52.2 Å². The zero-order valence-corrected chi connectivity index (χ0v) is 14.8. The summed E-state index contributed by atoms with van der Waals surface area (Å²) in [6, 6.07) is 10.4. The van der Waals surface area contributed by atoms with Crippen LogP contribution in [0.4, 0.5) is 4.39 Å². The molecule has 4 rings (SSSR count). The summed E-state index contributed by atoms with van der Waals surface area (Å²) in [7, 11) is 0. The molecule has 1 N–H and O–H groups in total. The number of piperazine rings is 1. The molecule has 2 heterocycles. The molecule has 134 valence electrons. The van der Waals surface area contributed by atoms with E-state index in [4.69, 9.17) is 11.6 Å². The molecular formula is C19H18ClFN4O. The molecule has 0 unspecified atom stereocenters. The Morgan fingerprint density at radius 1 is 1.15 bits per heavy atom. The minimum atomic E-state index is -0.571. The Balaban J connectivity index is 1.38. The van der Waals surface area contributed by atoms with Crippen molar-refractivity contribution in [3.05, 3.63) is 64.6 Å². The van der Waals surface area contributed by atoms with E-state index < -0.39 is 5.82 Å². The van der Waals surface area contributed by atoms with E-state index >= 15 is 0 Å². The first-order chi connectivity index (χ1) is 12.6. The van der Waals surface area contributed by atoms with Gasteiger partial charge in [0.05, 0.1) is 17.3 Å². The van der Waals surface area contributed by atoms with Gasteiger partial charge in [-0.1, -0.05) is 23.7 Å². The fourth-order valence-electron chi connectivity index (χ4n) is 3.28. The summed E-state index contributed by atoms with van der Waals surface area (Å²) in [5, 5.41) is 8.40. The molecule has 0 aliphatic carbocycles. The zero-order chi connectivity index (χ0) is 18.1. The van der Waals surface area contributed by atoms with Crippen molar-refractivity contribution in [3.8, 4) is 0 Å². The van der Waals surface area contributed by atoms with Crippen LogP contribution in [0.1, 0.15) is 15.9 Å². The summed E-state index contributed by atoms with van der Waals surface area (Å²) in [6.07, 6.45) is 1.80. The maximum atomic E-state index is 14.0. The molecule has 1 aliphatic rings. The number of hydrogen-bond acceptors (Lipinski definition) is 3. The molecule has 1 fully saturated rings. The van der Waals surface area contributed by atoms with E-state index in [-0.39, 0.29) is 16.5 Å². The number of carbonyl (C=O) groups is 1. The number of H-pyrrole nitrogens is 1. The molecule has 0 atom stereocenters. The van der Waals surface area contributed by atoms with Crippen LogP contribution in [0.25, 0.3) is 10.9 Å². The Kier molecular flexibility index (Phi) is 4.61. The molecule has 2 aromatic carbocycles. The first kappa shape index (κ1) is 17.0. The molecule has 5 nitrogen and oxygen atoms in total. The standard InChI is InChI=1S/C19H18ClFN4O/c20-15-3-4-16(17(21)10-15)19(26)25-7-5-24(6-8-25)12-13-1-2-14-11-22-23-18(14)9-13/h1-4,9-11H,5-8,12H2,(H,22,23). The van der Waals surface area contributed by atoms with Crippen molar-refractivity contribution in [3.63, 3.8) is 0 Å². The number of benzene rings is 2. The van der Waals surface area contributed by atoms with Crippen LogP contribution in [0.5, 0.6) is 0 Å². The van der Waals surface area contributed by atoms with E-state index in [9.17, 15) is 9.18 Å². The Hall–Kier alpha value is -2.44. The van der Waals surface area contributed by atoms with Gasteiger partial charge in [0.15, 0.2) is 0 Å². The van der Waals surface area contributed by atoms with Gasteiger partial charge in [-0.25, -0.2) is 4.39 Å². The lowest BCUT2D eigenvalue weighted by atomic mass is 10.1. The van der Waals surface area contributed by atoms with Crippen LogP contribution in [0.3, 0.4) is 0 Å². The van der Waals surface area contributed by atoms with Gasteiger partial charge in [-0.2, -0.15) is 5.10 Å². The predicted octanol–water partition coefficient (Wildman–Crippen LogP) is 3.31. The van der Waals surface area contributed by atoms with E-state index in [1.54, 1.807) is 17.2 Å². The van der Waals surface area contributed by atoms with Crippen molar-refractivity contribution in [2.24, 2.45) is 0 Å². The highest BCUT2D eigenvalue weighted by Crippen LogP contribution is 2.19. The number of nitrogens with one attached hydrogen (secondary N) is 1. The maximum Gasteiger partial charge on any atom is 0.256 e. The van der Waals surface area contributed by atoms with Gasteiger partial charge in [-0.3, -0.25) is 14.8 Å². The summed E-state index contributed by atoms with van der Waals surface area (Å²) < 4.78 is 14.0. The number of aromatic amines is 1. The quantitative estimate of drug-likeness (QED) is 0.767. The minimum absolute atomic E-state index is 0.0764. The normalized spacial score (nSPS) is 15.5. The van der Waals surface area contributed by atoms with Crippen molar-refractivity contribution in [2.75, 3.05) is 26.2 Å². The predicted molar refractivity (Wildman–Crippen MR) is 98.7 cm³/mol. The summed E-state index contributed by atoms with van der Waals surface area (Å²) in [5.74, 6) is -0.851. The van der Waals surface area contributed by atoms with Crippen LogP contribution in [0.2, 0.25) is 5.02 Å². The summed E-state index contributed by atoms with van der Waals surface area (Å²) >= 11 is 5.75. The van der Waals surface area contributed by atoms with E-state index in [1.807, 2.05) is 0 Å². The van der Waals surface area contributed by atoms with Gasteiger partial charge in [0.25, 0.3) is 5.91 Å². The van der Waals surface area contributed by atoms with Gasteiger partial charge < -0.3 is 4.90 Å². The highest BCUT2D eigenvalue weighted by atomic mass is 35.5. The molecule has 1 aliphatic heterocycles. The second kappa shape index (κ2) is 7.05. The van der Waals surface area contributed by atoms with Crippen LogP contribution < -0.4 is 0 Å². The highest BCUT2D eigenvalue weighted by molar-refractivity contribution is 6.30. The third-order valence-corrected chi connectivity index (χ3v) is 4.97. The number of fused-ring (bicyclic) bond motifs is 1. The van der Waals surface area contributed by atoms with Crippen molar-refractivity contribution in [2.45, 2.75) is 6.54 Å². The van der Waals surface area contributed by atoms with Crippen LogP contribution in [-0.4, -0.2) is 52.1 Å². The zero-order valence-electron chi connectivity index (χ0n) is 14.1. The average molecular weight is 373 g/mol. The number of halogens is 2. The number of carbonyl (C=O) groups excluding carboxylic acids is 1. The van der Waals surface area contributed by atoms with E-state index in [0.717, 1.165) is 30.5 Å². The van der Waals surface area contributed by atoms with Crippen LogP contribution in [0.15, 0.2) is 42.6 Å². The van der Waals surface area contributed by atoms with E-state index in [2.05, 4.69) is 33.3 Å². The molecule has 0 saturated carbocycles. The van der Waals surface area contributed by atoms with Gasteiger partial charge in [-0.15, -0.1) is 0 Å². The van der Waals surface area contributed by atoms with E-state index in [0.29, 0.717) is 13.1 Å². The smallest absolute Gasteiger partial charge is 0.256 e. The largest absolute Gasteiger partial charge is 0.336 e. The van der Waals surface area contributed by atoms with Crippen LogP contribution >= 0.6 is 11.6 Å². The SMILES string of the molecule is O=C(c1ccc(Cl)cc1F)N1CCN(Cc2ccc3cn[nH]c3c2)CC1. The Bertz CT molecular complexity index is 950. The number of hydrogen-bond donors (Lipinski definition) is 1. The third kappa shape index (κ3) is 3.43. The summed E-state index contributed by atoms with van der Waals surface area (Å²) in [4.78, 5) is 16.5. The molecule has 1 saturated heterocycles. The van der Waals surface area contributed by atoms with Gasteiger partial charge in [0.1, 0.15) is 5.82 Å². The molecule has 0 radical (unpaired) electrons. The monoisotopic (exact) mass is 372 g/mol. The van der Waals surface area contributed by atoms with Crippen LogP contribution in [0, 0.1) is 5.82 Å². The molecule has 1 aromatic heterocycles. The first-order valence-electron chi connectivity index (χ1n) is 8.49. The molecule has 7 heteroatoms. The maximum absolute atomic E-state index is 14.0. The molecule has 3 aromatic rings. The Labute approximate surface area is 155 Å². The second-order valence-electron chi connectivity index (χ2n) is 6.48. The minimum Gasteiger partial charge on any atom is -0.336 e. The highest BCUT2D eigenvalue weighted by Gasteiger charge is 2.24. The van der Waals surface area contributed by atoms with E-state index in [1.165, 1.54) is 17.7 Å². The van der Waals surface area contributed by atoms with Crippen molar-refractivity contribution < 1.29 is 9.18 Å². The lowest BCUT2D eigenvalue weighted by Gasteiger charge is -2.34. The van der Waals surface area contributed by atoms with Crippen molar-refractivity contribution >= 4 is 28.4 Å². The molecule has 26 heavy (non-hydrogen) atoms. The fraction of sp³-hybridized carbons (Fsp3) is 0.263. The Morgan fingerprint density at radius 2 is 1.96 bits per heavy atom. The summed E-state index contributed by atoms with van der Waals surface area (Å²) in [6.45, 7) is 3.47. The van der Waals surface area contributed by atoms with Gasteiger partial charge >= 0.3 is 0 Å². The van der Waals surface area contributed by atoms with Crippen molar-refractivity contribution in [1.29, 1.82) is 0 Å². The van der Waals surface area contributed by atoms with Gasteiger partial charge in [0.2, 0.25) is 0 Å². The van der Waals surface area contributed by atoms with Crippen LogP contribution in [-0.2, 0) is 6.54 Å². The number of amides is 1. The fourth-order valence-corrected chi connectivity index (χ4v) is 3.44.